The molecule has 0 radical (unpaired) electrons. The zero-order chi connectivity index (χ0) is 30.3. The predicted octanol–water partition coefficient (Wildman–Crippen LogP) is 4.53. The van der Waals surface area contributed by atoms with Gasteiger partial charge in [-0.05, 0) is 57.4 Å². The number of halogens is 2. The molecule has 1 fully saturated rings. The fourth-order valence-electron chi connectivity index (χ4n) is 5.55. The lowest BCUT2D eigenvalue weighted by Crippen LogP contribution is -2.58. The lowest BCUT2D eigenvalue weighted by Gasteiger charge is -2.45. The second-order valence-corrected chi connectivity index (χ2v) is 10.7. The minimum absolute atomic E-state index is 0.0680. The number of allylic oxidation sites excluding steroid dienone is 2. The Morgan fingerprint density at radius 3 is 2.39 bits per heavy atom. The first-order chi connectivity index (χ1) is 19.3. The van der Waals surface area contributed by atoms with Gasteiger partial charge in [-0.25, -0.2) is 23.1 Å². The number of aromatic nitrogens is 4. The minimum atomic E-state index is -0.850. The van der Waals surface area contributed by atoms with Crippen LogP contribution >= 0.6 is 0 Å². The number of rotatable bonds is 6. The summed E-state index contributed by atoms with van der Waals surface area (Å²) in [6.07, 6.45) is 2.91. The highest BCUT2D eigenvalue weighted by atomic mass is 19.1. The molecule has 1 amide bonds. The topological polar surface area (TPSA) is 110 Å². The monoisotopic (exact) mass is 563 g/mol. The highest BCUT2D eigenvalue weighted by Crippen LogP contribution is 2.34. The number of aryl methyl sites for hydroxylation is 1. The number of nitrogens with zero attached hydrogens (tertiary/aromatic N) is 6. The van der Waals surface area contributed by atoms with Crippen molar-refractivity contribution in [3.63, 3.8) is 0 Å². The summed E-state index contributed by atoms with van der Waals surface area (Å²) >= 11 is 0. The average Bonchev–Trinajstić information content (AvgIpc) is 2.88. The summed E-state index contributed by atoms with van der Waals surface area (Å²) in [5.41, 5.74) is 6.21. The number of carbonyl (C=O) groups is 1. The maximum absolute atomic E-state index is 15.8. The zero-order valence-electron chi connectivity index (χ0n) is 24.2. The number of hydrogen-bond donors (Lipinski definition) is 1. The van der Waals surface area contributed by atoms with Gasteiger partial charge < -0.3 is 15.5 Å². The van der Waals surface area contributed by atoms with Crippen LogP contribution in [0.4, 0.5) is 14.6 Å². The first kappa shape index (κ1) is 29.6. The van der Waals surface area contributed by atoms with Gasteiger partial charge in [-0.3, -0.25) is 9.78 Å². The number of hydrogen-bond acceptors (Lipinski definition) is 7. The van der Waals surface area contributed by atoms with Gasteiger partial charge in [-0.15, -0.1) is 0 Å². The largest absolute Gasteiger partial charge is 0.399 e. The van der Waals surface area contributed by atoms with E-state index in [4.69, 9.17) is 5.73 Å². The van der Waals surface area contributed by atoms with Crippen LogP contribution in [0.1, 0.15) is 57.5 Å². The van der Waals surface area contributed by atoms with Crippen molar-refractivity contribution < 1.29 is 13.6 Å². The highest BCUT2D eigenvalue weighted by molar-refractivity contribution is 5.92. The number of carbonyl (C=O) groups excluding carboxylic acids is 1. The molecule has 216 valence electrons. The molecule has 0 bridgehead atoms. The summed E-state index contributed by atoms with van der Waals surface area (Å²) in [4.78, 5) is 43.4. The van der Waals surface area contributed by atoms with Crippen molar-refractivity contribution >= 4 is 28.3 Å². The lowest BCUT2D eigenvalue weighted by atomic mass is 10.0. The molecule has 4 heterocycles. The molecule has 0 aromatic carbocycles. The van der Waals surface area contributed by atoms with Crippen LogP contribution in [0.15, 0.2) is 53.9 Å². The summed E-state index contributed by atoms with van der Waals surface area (Å²) < 4.78 is 31.7. The standard InChI is InChI=1S/C30H35F2N7O2/c1-9-23(40)37-13-17(5)38(18(6)14-37)29-21-12-22(32)26(24(19(7)31)20(8)33)35-28(21)39(30(41)36-29)27-16(4)10-11-34-25(27)15(2)3/h9-12,15,17-18H,1,8,13-14,33H2,2-7H3/b24-19-/t17-,18+. The van der Waals surface area contributed by atoms with Crippen molar-refractivity contribution in [2.75, 3.05) is 18.0 Å². The maximum atomic E-state index is 15.8. The van der Waals surface area contributed by atoms with Gasteiger partial charge in [0.1, 0.15) is 17.3 Å². The van der Waals surface area contributed by atoms with Gasteiger partial charge in [-0.1, -0.05) is 27.0 Å². The van der Waals surface area contributed by atoms with Crippen molar-refractivity contribution in [1.29, 1.82) is 0 Å². The van der Waals surface area contributed by atoms with Gasteiger partial charge in [0.05, 0.1) is 22.3 Å². The number of nitrogens with two attached hydrogens (primary N) is 1. The van der Waals surface area contributed by atoms with Crippen LogP contribution in [0.5, 0.6) is 0 Å². The molecular weight excluding hydrogens is 528 g/mol. The third-order valence-electron chi connectivity index (χ3n) is 7.28. The molecule has 3 aromatic heterocycles. The molecule has 41 heavy (non-hydrogen) atoms. The number of fused-ring (bicyclic) bond motifs is 1. The van der Waals surface area contributed by atoms with E-state index in [0.717, 1.165) is 12.5 Å². The Balaban J connectivity index is 2.12. The number of anilines is 1. The minimum Gasteiger partial charge on any atom is -0.399 e. The van der Waals surface area contributed by atoms with Crippen molar-refractivity contribution in [2.24, 2.45) is 5.73 Å². The number of amides is 1. The van der Waals surface area contributed by atoms with E-state index in [1.807, 2.05) is 39.5 Å². The van der Waals surface area contributed by atoms with E-state index in [9.17, 15) is 14.0 Å². The van der Waals surface area contributed by atoms with Crippen LogP contribution in [-0.4, -0.2) is 55.5 Å². The molecule has 0 saturated carbocycles. The molecule has 0 aliphatic carbocycles. The van der Waals surface area contributed by atoms with Gasteiger partial charge in [0.15, 0.2) is 11.5 Å². The summed E-state index contributed by atoms with van der Waals surface area (Å²) in [6, 6.07) is 2.39. The molecule has 1 aliphatic heterocycles. The Morgan fingerprint density at radius 1 is 1.22 bits per heavy atom. The average molecular weight is 564 g/mol. The normalized spacial score (nSPS) is 18.1. The van der Waals surface area contributed by atoms with E-state index in [-0.39, 0.29) is 57.7 Å². The molecule has 9 nitrogen and oxygen atoms in total. The first-order valence-electron chi connectivity index (χ1n) is 13.4. The summed E-state index contributed by atoms with van der Waals surface area (Å²) in [5.74, 6) is -1.68. The third kappa shape index (κ3) is 5.23. The Kier molecular flexibility index (Phi) is 8.10. The molecule has 0 unspecified atom stereocenters. The molecule has 11 heteroatoms. The summed E-state index contributed by atoms with van der Waals surface area (Å²) in [7, 11) is 0. The Labute approximate surface area is 237 Å². The Morgan fingerprint density at radius 2 is 1.85 bits per heavy atom. The molecule has 1 aliphatic rings. The maximum Gasteiger partial charge on any atom is 0.355 e. The zero-order valence-corrected chi connectivity index (χ0v) is 24.2. The van der Waals surface area contributed by atoms with Crippen LogP contribution in [0.2, 0.25) is 0 Å². The number of piperazine rings is 1. The second-order valence-electron chi connectivity index (χ2n) is 10.7. The quantitative estimate of drug-likeness (QED) is 0.347. The van der Waals surface area contributed by atoms with Gasteiger partial charge >= 0.3 is 5.69 Å². The fourth-order valence-corrected chi connectivity index (χ4v) is 5.55. The van der Waals surface area contributed by atoms with Crippen molar-refractivity contribution in [3.05, 3.63) is 82.3 Å². The van der Waals surface area contributed by atoms with Crippen LogP contribution in [0.25, 0.3) is 22.3 Å². The molecule has 1 saturated heterocycles. The van der Waals surface area contributed by atoms with E-state index >= 15 is 4.39 Å². The fraction of sp³-hybridized carbons (Fsp3) is 0.367. The molecule has 3 aromatic rings. The highest BCUT2D eigenvalue weighted by Gasteiger charge is 2.34. The van der Waals surface area contributed by atoms with E-state index < -0.39 is 17.3 Å². The van der Waals surface area contributed by atoms with Gasteiger partial charge in [0.25, 0.3) is 0 Å². The van der Waals surface area contributed by atoms with Crippen molar-refractivity contribution in [3.8, 4) is 5.69 Å². The third-order valence-corrected chi connectivity index (χ3v) is 7.28. The van der Waals surface area contributed by atoms with E-state index in [0.29, 0.717) is 24.5 Å². The Hall–Kier alpha value is -4.41. The molecular formula is C30H35F2N7O2. The second kappa shape index (κ2) is 11.2. The van der Waals surface area contributed by atoms with E-state index in [2.05, 4.69) is 28.1 Å². The molecule has 2 atom stereocenters. The molecule has 2 N–H and O–H groups in total. The molecule has 0 spiro atoms. The van der Waals surface area contributed by atoms with Crippen LogP contribution < -0.4 is 16.3 Å². The van der Waals surface area contributed by atoms with E-state index in [1.165, 1.54) is 16.7 Å². The van der Waals surface area contributed by atoms with E-state index in [1.54, 1.807) is 17.2 Å². The lowest BCUT2D eigenvalue weighted by molar-refractivity contribution is -0.127. The van der Waals surface area contributed by atoms with Crippen molar-refractivity contribution in [2.45, 2.75) is 59.5 Å². The SMILES string of the molecule is C=CC(=O)N1C[C@@H](C)N(c2nc(=O)n(-c3c(C)ccnc3C(C)C)c3nc(/C(C(=C)N)=C(/C)F)c(F)cc23)[C@@H](C)C1. The van der Waals surface area contributed by atoms with Crippen LogP contribution in [-0.2, 0) is 4.79 Å². The summed E-state index contributed by atoms with van der Waals surface area (Å²) in [5, 5.41) is 0.240. The van der Waals surface area contributed by atoms with Crippen LogP contribution in [0, 0.1) is 12.7 Å². The smallest absolute Gasteiger partial charge is 0.355 e. The first-order valence-corrected chi connectivity index (χ1v) is 13.4. The number of pyridine rings is 2. The van der Waals surface area contributed by atoms with Gasteiger partial charge in [-0.2, -0.15) is 4.98 Å². The summed E-state index contributed by atoms with van der Waals surface area (Å²) in [6.45, 7) is 18.5. The molecule has 4 rings (SSSR count). The van der Waals surface area contributed by atoms with Crippen LogP contribution in [0.3, 0.4) is 0 Å². The van der Waals surface area contributed by atoms with Gasteiger partial charge in [0.2, 0.25) is 5.91 Å². The van der Waals surface area contributed by atoms with Gasteiger partial charge in [0, 0.05) is 37.1 Å². The predicted molar refractivity (Wildman–Crippen MR) is 157 cm³/mol. The Bertz CT molecular complexity index is 1640. The van der Waals surface area contributed by atoms with Crippen molar-refractivity contribution in [1.82, 2.24) is 24.4 Å².